The molecule has 3 nitrogen and oxygen atoms in total. The second-order valence-corrected chi connectivity index (χ2v) is 5.36. The van der Waals surface area contributed by atoms with Gasteiger partial charge in [-0.05, 0) is 50.8 Å². The molecule has 1 aromatic carbocycles. The Morgan fingerprint density at radius 3 is 2.89 bits per heavy atom. The van der Waals surface area contributed by atoms with Crippen molar-refractivity contribution in [1.29, 1.82) is 0 Å². The highest BCUT2D eigenvalue weighted by molar-refractivity contribution is 7.80. The van der Waals surface area contributed by atoms with E-state index in [0.29, 0.717) is 5.92 Å². The number of hydrogen-bond donors (Lipinski definition) is 1. The van der Waals surface area contributed by atoms with E-state index in [4.69, 9.17) is 17.0 Å². The van der Waals surface area contributed by atoms with Crippen molar-refractivity contribution < 1.29 is 4.74 Å². The lowest BCUT2D eigenvalue weighted by Crippen LogP contribution is -2.35. The number of nitrogens with zero attached hydrogens (tertiary/aromatic N) is 1. The van der Waals surface area contributed by atoms with E-state index >= 15 is 0 Å². The smallest absolute Gasteiger partial charge is 0.119 e. The van der Waals surface area contributed by atoms with Gasteiger partial charge in [0.2, 0.25) is 0 Å². The summed E-state index contributed by atoms with van der Waals surface area (Å²) in [4.78, 5) is 3.07. The normalized spacial score (nSPS) is 18.4. The van der Waals surface area contributed by atoms with Crippen LogP contribution in [0.3, 0.4) is 0 Å². The van der Waals surface area contributed by atoms with E-state index in [1.54, 1.807) is 7.11 Å². The van der Waals surface area contributed by atoms with Crippen molar-refractivity contribution >= 4 is 17.2 Å². The van der Waals surface area contributed by atoms with Gasteiger partial charge in [0.05, 0.1) is 7.11 Å². The van der Waals surface area contributed by atoms with Gasteiger partial charge in [0.25, 0.3) is 0 Å². The SMILES string of the molecule is COc1ccc2c(c1)C(CCN(C)C)CNC2=S. The molecule has 0 aromatic heterocycles. The van der Waals surface area contributed by atoms with E-state index < -0.39 is 0 Å². The van der Waals surface area contributed by atoms with Crippen LogP contribution in [0.2, 0.25) is 0 Å². The summed E-state index contributed by atoms with van der Waals surface area (Å²) in [6, 6.07) is 6.16. The van der Waals surface area contributed by atoms with Gasteiger partial charge in [-0.1, -0.05) is 12.2 Å². The average molecular weight is 264 g/mol. The zero-order valence-electron chi connectivity index (χ0n) is 11.2. The Labute approximate surface area is 114 Å². The second-order valence-electron chi connectivity index (χ2n) is 4.95. The molecule has 0 bridgehead atoms. The number of benzene rings is 1. The molecule has 1 N–H and O–H groups in total. The molecule has 0 saturated carbocycles. The maximum absolute atomic E-state index is 5.37. The molecule has 18 heavy (non-hydrogen) atoms. The third kappa shape index (κ3) is 2.82. The predicted octanol–water partition coefficient (Wildman–Crippen LogP) is 2.01. The molecule has 2 rings (SSSR count). The van der Waals surface area contributed by atoms with Crippen LogP contribution < -0.4 is 10.1 Å². The summed E-state index contributed by atoms with van der Waals surface area (Å²) in [6.45, 7) is 2.00. The topological polar surface area (TPSA) is 24.5 Å². The molecule has 98 valence electrons. The maximum Gasteiger partial charge on any atom is 0.119 e. The fourth-order valence-corrected chi connectivity index (χ4v) is 2.57. The number of hydrogen-bond acceptors (Lipinski definition) is 3. The van der Waals surface area contributed by atoms with Gasteiger partial charge in [0, 0.05) is 18.0 Å². The minimum Gasteiger partial charge on any atom is -0.497 e. The van der Waals surface area contributed by atoms with Crippen molar-refractivity contribution in [2.45, 2.75) is 12.3 Å². The van der Waals surface area contributed by atoms with E-state index in [2.05, 4.69) is 36.4 Å². The molecule has 0 radical (unpaired) electrons. The highest BCUT2D eigenvalue weighted by Gasteiger charge is 2.23. The van der Waals surface area contributed by atoms with Crippen molar-refractivity contribution in [2.75, 3.05) is 34.3 Å². The molecule has 1 heterocycles. The molecule has 1 unspecified atom stereocenters. The van der Waals surface area contributed by atoms with Gasteiger partial charge < -0.3 is 15.0 Å². The lowest BCUT2D eigenvalue weighted by molar-refractivity contribution is 0.377. The molecule has 1 aliphatic heterocycles. The molecule has 0 aliphatic carbocycles. The Kier molecular flexibility index (Phi) is 4.19. The van der Waals surface area contributed by atoms with Gasteiger partial charge in [-0.2, -0.15) is 0 Å². The molecule has 1 atom stereocenters. The second kappa shape index (κ2) is 5.67. The molecule has 0 saturated heterocycles. The largest absolute Gasteiger partial charge is 0.497 e. The monoisotopic (exact) mass is 264 g/mol. The minimum absolute atomic E-state index is 0.504. The first kappa shape index (κ1) is 13.3. The number of methoxy groups -OCH3 is 1. The fourth-order valence-electron chi connectivity index (χ4n) is 2.31. The van der Waals surface area contributed by atoms with Gasteiger partial charge >= 0.3 is 0 Å². The predicted molar refractivity (Wildman–Crippen MR) is 78.6 cm³/mol. The highest BCUT2D eigenvalue weighted by atomic mass is 32.1. The number of thiocarbonyl (C=S) groups is 1. The van der Waals surface area contributed by atoms with Crippen LogP contribution in [0.25, 0.3) is 0 Å². The van der Waals surface area contributed by atoms with Crippen LogP contribution in [-0.4, -0.2) is 44.2 Å². The number of fused-ring (bicyclic) bond motifs is 1. The summed E-state index contributed by atoms with van der Waals surface area (Å²) < 4.78 is 5.32. The Morgan fingerprint density at radius 2 is 2.22 bits per heavy atom. The van der Waals surface area contributed by atoms with Crippen molar-refractivity contribution in [3.8, 4) is 5.75 Å². The number of rotatable bonds is 4. The standard InChI is InChI=1S/C14H20N2OS/c1-16(2)7-6-10-9-15-14(18)12-5-4-11(17-3)8-13(10)12/h4-5,8,10H,6-7,9H2,1-3H3,(H,15,18). The van der Waals surface area contributed by atoms with Gasteiger partial charge in [-0.25, -0.2) is 0 Å². The lowest BCUT2D eigenvalue weighted by atomic mass is 9.88. The van der Waals surface area contributed by atoms with Crippen LogP contribution in [0.5, 0.6) is 5.75 Å². The first-order chi connectivity index (χ1) is 8.61. The lowest BCUT2D eigenvalue weighted by Gasteiger charge is -2.28. The Hall–Kier alpha value is -1.13. The quantitative estimate of drug-likeness (QED) is 0.841. The fraction of sp³-hybridized carbons (Fsp3) is 0.500. The Morgan fingerprint density at radius 1 is 1.44 bits per heavy atom. The first-order valence-corrected chi connectivity index (χ1v) is 6.63. The molecule has 1 aliphatic rings. The van der Waals surface area contributed by atoms with Crippen molar-refractivity contribution in [3.63, 3.8) is 0 Å². The van der Waals surface area contributed by atoms with Crippen LogP contribution in [0, 0.1) is 0 Å². The maximum atomic E-state index is 5.37. The molecular formula is C14H20N2OS. The van der Waals surface area contributed by atoms with Crippen molar-refractivity contribution in [2.24, 2.45) is 0 Å². The zero-order chi connectivity index (χ0) is 13.1. The van der Waals surface area contributed by atoms with Gasteiger partial charge in [-0.15, -0.1) is 0 Å². The van der Waals surface area contributed by atoms with Gasteiger partial charge in [0.15, 0.2) is 0 Å². The van der Waals surface area contributed by atoms with E-state index in [1.807, 2.05) is 6.07 Å². The summed E-state index contributed by atoms with van der Waals surface area (Å²) in [5.41, 5.74) is 2.47. The number of ether oxygens (including phenoxy) is 1. The van der Waals surface area contributed by atoms with Crippen LogP contribution in [-0.2, 0) is 0 Å². The van der Waals surface area contributed by atoms with Crippen molar-refractivity contribution in [1.82, 2.24) is 10.2 Å². The molecular weight excluding hydrogens is 244 g/mol. The summed E-state index contributed by atoms with van der Waals surface area (Å²) >= 11 is 5.37. The molecule has 0 fully saturated rings. The van der Waals surface area contributed by atoms with Gasteiger partial charge in [0.1, 0.15) is 10.7 Å². The summed E-state index contributed by atoms with van der Waals surface area (Å²) in [6.07, 6.45) is 1.13. The summed E-state index contributed by atoms with van der Waals surface area (Å²) in [5.74, 6) is 1.41. The van der Waals surface area contributed by atoms with Crippen LogP contribution in [0.1, 0.15) is 23.5 Å². The minimum atomic E-state index is 0.504. The third-order valence-corrected chi connectivity index (χ3v) is 3.74. The van der Waals surface area contributed by atoms with Crippen LogP contribution in [0.4, 0.5) is 0 Å². The number of nitrogens with one attached hydrogen (secondary N) is 1. The molecule has 1 aromatic rings. The molecule has 0 amide bonds. The van der Waals surface area contributed by atoms with Crippen molar-refractivity contribution in [3.05, 3.63) is 29.3 Å². The van der Waals surface area contributed by atoms with E-state index in [1.165, 1.54) is 5.56 Å². The highest BCUT2D eigenvalue weighted by Crippen LogP contribution is 2.30. The Bertz CT molecular complexity index is 445. The van der Waals surface area contributed by atoms with Gasteiger partial charge in [-0.3, -0.25) is 0 Å². The van der Waals surface area contributed by atoms with E-state index in [-0.39, 0.29) is 0 Å². The Balaban J connectivity index is 2.26. The zero-order valence-corrected chi connectivity index (χ0v) is 12.0. The van der Waals surface area contributed by atoms with Crippen LogP contribution >= 0.6 is 12.2 Å². The van der Waals surface area contributed by atoms with E-state index in [9.17, 15) is 0 Å². The summed E-state index contributed by atoms with van der Waals surface area (Å²) in [5, 5.41) is 3.32. The van der Waals surface area contributed by atoms with Crippen LogP contribution in [0.15, 0.2) is 18.2 Å². The molecule has 4 heteroatoms. The third-order valence-electron chi connectivity index (χ3n) is 3.38. The average Bonchev–Trinajstić information content (AvgIpc) is 2.37. The summed E-state index contributed by atoms with van der Waals surface area (Å²) in [7, 11) is 5.91. The van der Waals surface area contributed by atoms with E-state index in [0.717, 1.165) is 35.8 Å². The molecule has 0 spiro atoms. The first-order valence-electron chi connectivity index (χ1n) is 6.22.